The lowest BCUT2D eigenvalue weighted by molar-refractivity contribution is -0.142. The fourth-order valence-corrected chi connectivity index (χ4v) is 2.28. The van der Waals surface area contributed by atoms with Gasteiger partial charge >= 0.3 is 5.97 Å². The number of rotatable bonds is 3. The van der Waals surface area contributed by atoms with E-state index in [-0.39, 0.29) is 5.91 Å². The maximum absolute atomic E-state index is 11.9. The molecule has 94 valence electrons. The minimum Gasteiger partial charge on any atom is -0.480 e. The second kappa shape index (κ2) is 4.87. The third-order valence-corrected chi connectivity index (χ3v) is 3.35. The van der Waals surface area contributed by atoms with Crippen LogP contribution in [0.1, 0.15) is 36.7 Å². The van der Waals surface area contributed by atoms with Gasteiger partial charge in [-0.05, 0) is 23.3 Å². The van der Waals surface area contributed by atoms with E-state index in [4.69, 9.17) is 5.11 Å². The zero-order valence-corrected chi connectivity index (χ0v) is 11.2. The predicted molar refractivity (Wildman–Crippen MR) is 67.4 cm³/mol. The summed E-state index contributed by atoms with van der Waals surface area (Å²) in [6.07, 6.45) is 0. The maximum atomic E-state index is 11.9. The van der Waals surface area contributed by atoms with Crippen molar-refractivity contribution in [2.24, 2.45) is 5.41 Å². The monoisotopic (exact) mass is 255 g/mol. The topological polar surface area (TPSA) is 66.4 Å². The predicted octanol–water partition coefficient (Wildman–Crippen LogP) is 2.29. The molecule has 0 aliphatic carbocycles. The van der Waals surface area contributed by atoms with Gasteiger partial charge in [0, 0.05) is 5.38 Å². The van der Waals surface area contributed by atoms with Gasteiger partial charge in [-0.25, -0.2) is 4.79 Å². The molecule has 0 radical (unpaired) electrons. The Labute approximate surface area is 105 Å². The van der Waals surface area contributed by atoms with E-state index in [0.717, 1.165) is 5.56 Å². The van der Waals surface area contributed by atoms with Crippen molar-refractivity contribution >= 4 is 23.2 Å². The number of aryl methyl sites for hydroxylation is 1. The lowest BCUT2D eigenvalue weighted by Crippen LogP contribution is -2.49. The molecule has 5 heteroatoms. The van der Waals surface area contributed by atoms with Crippen LogP contribution in [0, 0.1) is 12.3 Å². The van der Waals surface area contributed by atoms with E-state index >= 15 is 0 Å². The molecule has 0 aliphatic rings. The van der Waals surface area contributed by atoms with Gasteiger partial charge in [-0.2, -0.15) is 11.3 Å². The summed E-state index contributed by atoms with van der Waals surface area (Å²) >= 11 is 1.43. The molecule has 1 atom stereocenters. The fourth-order valence-electron chi connectivity index (χ4n) is 1.45. The fraction of sp³-hybridized carbons (Fsp3) is 0.500. The molecule has 1 rings (SSSR count). The summed E-state index contributed by atoms with van der Waals surface area (Å²) in [6.45, 7) is 7.18. The number of carbonyl (C=O) groups excluding carboxylic acids is 1. The molecule has 1 amide bonds. The maximum Gasteiger partial charge on any atom is 0.326 e. The molecule has 0 fully saturated rings. The van der Waals surface area contributed by atoms with Gasteiger partial charge in [-0.15, -0.1) is 0 Å². The average Bonchev–Trinajstić information content (AvgIpc) is 2.58. The van der Waals surface area contributed by atoms with Gasteiger partial charge in [-0.1, -0.05) is 20.8 Å². The summed E-state index contributed by atoms with van der Waals surface area (Å²) in [4.78, 5) is 23.0. The van der Waals surface area contributed by atoms with E-state index in [1.54, 1.807) is 26.2 Å². The van der Waals surface area contributed by atoms with Gasteiger partial charge in [0.1, 0.15) is 6.04 Å². The summed E-state index contributed by atoms with van der Waals surface area (Å²) in [5.41, 5.74) is 0.891. The number of nitrogens with one attached hydrogen (secondary N) is 1. The Morgan fingerprint density at radius 2 is 1.94 bits per heavy atom. The number of carboxylic acids is 1. The van der Waals surface area contributed by atoms with Crippen molar-refractivity contribution in [2.75, 3.05) is 0 Å². The third kappa shape index (κ3) is 3.30. The number of aliphatic carboxylic acids is 1. The van der Waals surface area contributed by atoms with Crippen LogP contribution in [0.15, 0.2) is 10.8 Å². The Morgan fingerprint density at radius 3 is 2.29 bits per heavy atom. The van der Waals surface area contributed by atoms with E-state index in [9.17, 15) is 9.59 Å². The van der Waals surface area contributed by atoms with Crippen molar-refractivity contribution in [3.63, 3.8) is 0 Å². The standard InChI is InChI=1S/C12H17NO3S/c1-7-5-17-6-8(7)10(14)13-9(11(15)16)12(2,3)4/h5-6,9H,1-4H3,(H,13,14)(H,15,16). The largest absolute Gasteiger partial charge is 0.480 e. The number of amides is 1. The van der Waals surface area contributed by atoms with Crippen LogP contribution in [0.25, 0.3) is 0 Å². The zero-order valence-electron chi connectivity index (χ0n) is 10.4. The van der Waals surface area contributed by atoms with Gasteiger partial charge in [-0.3, -0.25) is 4.79 Å². The van der Waals surface area contributed by atoms with Crippen LogP contribution in [0.3, 0.4) is 0 Å². The SMILES string of the molecule is Cc1cscc1C(=O)NC(C(=O)O)C(C)(C)C. The summed E-state index contributed by atoms with van der Waals surface area (Å²) < 4.78 is 0. The van der Waals surface area contributed by atoms with Gasteiger partial charge < -0.3 is 10.4 Å². The number of carbonyl (C=O) groups is 2. The molecule has 0 spiro atoms. The first-order chi connectivity index (χ1) is 7.73. The molecule has 4 nitrogen and oxygen atoms in total. The first kappa shape index (κ1) is 13.7. The molecule has 0 saturated heterocycles. The zero-order chi connectivity index (χ0) is 13.2. The molecule has 0 bridgehead atoms. The van der Waals surface area contributed by atoms with Crippen LogP contribution in [-0.2, 0) is 4.79 Å². The molecule has 1 heterocycles. The van der Waals surface area contributed by atoms with E-state index < -0.39 is 17.4 Å². The summed E-state index contributed by atoms with van der Waals surface area (Å²) in [5, 5.41) is 15.3. The van der Waals surface area contributed by atoms with Crippen LogP contribution in [-0.4, -0.2) is 23.0 Å². The van der Waals surface area contributed by atoms with Crippen LogP contribution in [0.4, 0.5) is 0 Å². The van der Waals surface area contributed by atoms with Gasteiger partial charge in [0.05, 0.1) is 5.56 Å². The molecule has 0 aliphatic heterocycles. The van der Waals surface area contributed by atoms with Crippen LogP contribution in [0.5, 0.6) is 0 Å². The first-order valence-corrected chi connectivity index (χ1v) is 6.24. The molecule has 17 heavy (non-hydrogen) atoms. The Bertz CT molecular complexity index is 431. The highest BCUT2D eigenvalue weighted by Gasteiger charge is 2.33. The second-order valence-corrected chi connectivity index (χ2v) is 5.82. The Kier molecular flexibility index (Phi) is 3.93. The van der Waals surface area contributed by atoms with E-state index in [2.05, 4.69) is 5.32 Å². The Balaban J connectivity index is 2.86. The summed E-state index contributed by atoms with van der Waals surface area (Å²) in [5.74, 6) is -1.34. The third-order valence-electron chi connectivity index (χ3n) is 2.49. The van der Waals surface area contributed by atoms with Crippen LogP contribution >= 0.6 is 11.3 Å². The molecular formula is C12H17NO3S. The van der Waals surface area contributed by atoms with Crippen LogP contribution < -0.4 is 5.32 Å². The van der Waals surface area contributed by atoms with Crippen molar-refractivity contribution in [3.05, 3.63) is 21.9 Å². The lowest BCUT2D eigenvalue weighted by atomic mass is 9.86. The minimum absolute atomic E-state index is 0.328. The highest BCUT2D eigenvalue weighted by Crippen LogP contribution is 2.21. The van der Waals surface area contributed by atoms with Crippen molar-refractivity contribution < 1.29 is 14.7 Å². The average molecular weight is 255 g/mol. The Hall–Kier alpha value is -1.36. The number of carboxylic acid groups (broad SMARTS) is 1. The van der Waals surface area contributed by atoms with Crippen LogP contribution in [0.2, 0.25) is 0 Å². The van der Waals surface area contributed by atoms with E-state index in [1.165, 1.54) is 11.3 Å². The molecule has 1 aromatic rings. The summed E-state index contributed by atoms with van der Waals surface area (Å²) in [7, 11) is 0. The summed E-state index contributed by atoms with van der Waals surface area (Å²) in [6, 6.07) is -0.894. The molecular weight excluding hydrogens is 238 g/mol. The molecule has 0 saturated carbocycles. The quantitative estimate of drug-likeness (QED) is 0.870. The van der Waals surface area contributed by atoms with Crippen molar-refractivity contribution in [3.8, 4) is 0 Å². The highest BCUT2D eigenvalue weighted by atomic mass is 32.1. The smallest absolute Gasteiger partial charge is 0.326 e. The molecule has 2 N–H and O–H groups in total. The van der Waals surface area contributed by atoms with Gasteiger partial charge in [0.25, 0.3) is 5.91 Å². The number of hydrogen-bond donors (Lipinski definition) is 2. The van der Waals surface area contributed by atoms with E-state index in [1.807, 2.05) is 12.3 Å². The second-order valence-electron chi connectivity index (χ2n) is 5.08. The number of thiophene rings is 1. The lowest BCUT2D eigenvalue weighted by Gasteiger charge is -2.27. The molecule has 1 unspecified atom stereocenters. The van der Waals surface area contributed by atoms with Crippen molar-refractivity contribution in [1.82, 2.24) is 5.32 Å². The van der Waals surface area contributed by atoms with Gasteiger partial charge in [0.2, 0.25) is 0 Å². The van der Waals surface area contributed by atoms with Gasteiger partial charge in [0.15, 0.2) is 0 Å². The van der Waals surface area contributed by atoms with Crippen molar-refractivity contribution in [2.45, 2.75) is 33.7 Å². The van der Waals surface area contributed by atoms with Crippen molar-refractivity contribution in [1.29, 1.82) is 0 Å². The number of hydrogen-bond acceptors (Lipinski definition) is 3. The normalized spacial score (nSPS) is 13.2. The first-order valence-electron chi connectivity index (χ1n) is 5.30. The highest BCUT2D eigenvalue weighted by molar-refractivity contribution is 7.08. The Morgan fingerprint density at radius 1 is 1.35 bits per heavy atom. The molecule has 0 aromatic carbocycles. The minimum atomic E-state index is -1.02. The molecule has 1 aromatic heterocycles. The van der Waals surface area contributed by atoms with E-state index in [0.29, 0.717) is 5.56 Å².